The van der Waals surface area contributed by atoms with Gasteiger partial charge in [0.05, 0.1) is 0 Å². The maximum absolute atomic E-state index is 3.54. The molecule has 0 aromatic heterocycles. The number of nitrogens with one attached hydrogen (secondary N) is 1. The lowest BCUT2D eigenvalue weighted by atomic mass is 10.1. The summed E-state index contributed by atoms with van der Waals surface area (Å²) in [6.07, 6.45) is 0. The average Bonchev–Trinajstić information content (AvgIpc) is 2.26. The Morgan fingerprint density at radius 3 is 2.31 bits per heavy atom. The second kappa shape index (κ2) is 6.97. The summed E-state index contributed by atoms with van der Waals surface area (Å²) < 4.78 is 0. The minimum Gasteiger partial charge on any atom is -0.313 e. The Labute approximate surface area is 104 Å². The molecule has 0 aliphatic carbocycles. The second-order valence-corrected chi connectivity index (χ2v) is 5.82. The molecule has 0 amide bonds. The zero-order chi connectivity index (χ0) is 12.0. The SMILES string of the molecule is Cc1ccc(SCCNC(C)C(C)C)cc1. The third kappa shape index (κ3) is 5.04. The van der Waals surface area contributed by atoms with Crippen molar-refractivity contribution in [2.75, 3.05) is 12.3 Å². The van der Waals surface area contributed by atoms with Crippen molar-refractivity contribution in [1.82, 2.24) is 5.32 Å². The molecule has 0 radical (unpaired) electrons. The zero-order valence-corrected chi connectivity index (χ0v) is 11.6. The minimum absolute atomic E-state index is 0.610. The van der Waals surface area contributed by atoms with Crippen LogP contribution >= 0.6 is 11.8 Å². The van der Waals surface area contributed by atoms with Gasteiger partial charge in [0.2, 0.25) is 0 Å². The van der Waals surface area contributed by atoms with Gasteiger partial charge in [-0.1, -0.05) is 31.5 Å². The average molecular weight is 237 g/mol. The van der Waals surface area contributed by atoms with Gasteiger partial charge in [0.1, 0.15) is 0 Å². The van der Waals surface area contributed by atoms with E-state index < -0.39 is 0 Å². The van der Waals surface area contributed by atoms with Gasteiger partial charge in [-0.25, -0.2) is 0 Å². The molecule has 0 saturated heterocycles. The van der Waals surface area contributed by atoms with Gasteiger partial charge in [0.15, 0.2) is 0 Å². The van der Waals surface area contributed by atoms with E-state index >= 15 is 0 Å². The van der Waals surface area contributed by atoms with Gasteiger partial charge in [0, 0.05) is 23.2 Å². The van der Waals surface area contributed by atoms with Crippen LogP contribution in [0, 0.1) is 12.8 Å². The lowest BCUT2D eigenvalue weighted by molar-refractivity contribution is 0.438. The number of rotatable bonds is 6. The molecule has 0 bridgehead atoms. The van der Waals surface area contributed by atoms with Crippen molar-refractivity contribution >= 4 is 11.8 Å². The van der Waals surface area contributed by atoms with Gasteiger partial charge in [-0.2, -0.15) is 0 Å². The molecule has 1 aromatic carbocycles. The largest absolute Gasteiger partial charge is 0.313 e. The van der Waals surface area contributed by atoms with Crippen molar-refractivity contribution in [2.24, 2.45) is 5.92 Å². The molecular weight excluding hydrogens is 214 g/mol. The molecule has 16 heavy (non-hydrogen) atoms. The molecule has 1 rings (SSSR count). The molecule has 0 saturated carbocycles. The Kier molecular flexibility index (Phi) is 5.93. The molecule has 1 aromatic rings. The van der Waals surface area contributed by atoms with Crippen LogP contribution in [0.4, 0.5) is 0 Å². The molecule has 1 nitrogen and oxygen atoms in total. The zero-order valence-electron chi connectivity index (χ0n) is 10.8. The summed E-state index contributed by atoms with van der Waals surface area (Å²) in [6, 6.07) is 9.36. The molecule has 0 spiro atoms. The first kappa shape index (κ1) is 13.6. The fourth-order valence-corrected chi connectivity index (χ4v) is 2.11. The van der Waals surface area contributed by atoms with E-state index in [1.165, 1.54) is 10.5 Å². The summed E-state index contributed by atoms with van der Waals surface area (Å²) in [6.45, 7) is 9.97. The van der Waals surface area contributed by atoms with E-state index in [1.54, 1.807) is 0 Å². The summed E-state index contributed by atoms with van der Waals surface area (Å²) in [4.78, 5) is 1.37. The predicted molar refractivity (Wildman–Crippen MR) is 74.2 cm³/mol. The monoisotopic (exact) mass is 237 g/mol. The maximum atomic E-state index is 3.54. The summed E-state index contributed by atoms with van der Waals surface area (Å²) in [7, 11) is 0. The summed E-state index contributed by atoms with van der Waals surface area (Å²) >= 11 is 1.92. The third-order valence-electron chi connectivity index (χ3n) is 2.86. The van der Waals surface area contributed by atoms with Gasteiger partial charge in [-0.15, -0.1) is 11.8 Å². The second-order valence-electron chi connectivity index (χ2n) is 4.65. The predicted octanol–water partition coefficient (Wildman–Crippen LogP) is 3.72. The smallest absolute Gasteiger partial charge is 0.0106 e. The molecule has 2 heteroatoms. The molecule has 0 heterocycles. The molecule has 1 N–H and O–H groups in total. The van der Waals surface area contributed by atoms with Crippen LogP contribution in [0.15, 0.2) is 29.2 Å². The van der Waals surface area contributed by atoms with Crippen LogP contribution in [0.5, 0.6) is 0 Å². The number of hydrogen-bond acceptors (Lipinski definition) is 2. The van der Waals surface area contributed by atoms with Crippen molar-refractivity contribution in [2.45, 2.75) is 38.6 Å². The molecule has 0 aliphatic rings. The van der Waals surface area contributed by atoms with E-state index in [1.807, 2.05) is 11.8 Å². The van der Waals surface area contributed by atoms with Gasteiger partial charge in [0.25, 0.3) is 0 Å². The lowest BCUT2D eigenvalue weighted by Crippen LogP contribution is -2.32. The van der Waals surface area contributed by atoms with Gasteiger partial charge < -0.3 is 5.32 Å². The Balaban J connectivity index is 2.18. The standard InChI is InChI=1S/C14H23NS/c1-11(2)13(4)15-9-10-16-14-7-5-12(3)6-8-14/h5-8,11,13,15H,9-10H2,1-4H3. The van der Waals surface area contributed by atoms with E-state index in [2.05, 4.69) is 57.3 Å². The molecule has 1 unspecified atom stereocenters. The topological polar surface area (TPSA) is 12.0 Å². The highest BCUT2D eigenvalue weighted by Gasteiger charge is 2.04. The molecular formula is C14H23NS. The van der Waals surface area contributed by atoms with E-state index in [4.69, 9.17) is 0 Å². The Hall–Kier alpha value is -0.470. The molecule has 0 fully saturated rings. The van der Waals surface area contributed by atoms with Crippen molar-refractivity contribution in [3.8, 4) is 0 Å². The van der Waals surface area contributed by atoms with E-state index in [0.717, 1.165) is 12.3 Å². The third-order valence-corrected chi connectivity index (χ3v) is 3.87. The van der Waals surface area contributed by atoms with E-state index in [9.17, 15) is 0 Å². The van der Waals surface area contributed by atoms with Gasteiger partial charge in [-0.05, 0) is 31.9 Å². The van der Waals surface area contributed by atoms with Crippen LogP contribution in [0.25, 0.3) is 0 Å². The van der Waals surface area contributed by atoms with Gasteiger partial charge >= 0.3 is 0 Å². The summed E-state index contributed by atoms with van der Waals surface area (Å²) in [5.74, 6) is 1.85. The van der Waals surface area contributed by atoms with Gasteiger partial charge in [-0.3, -0.25) is 0 Å². The number of benzene rings is 1. The van der Waals surface area contributed by atoms with Crippen molar-refractivity contribution in [3.63, 3.8) is 0 Å². The fourth-order valence-electron chi connectivity index (χ4n) is 1.33. The summed E-state index contributed by atoms with van der Waals surface area (Å²) in [5, 5.41) is 3.54. The summed E-state index contributed by atoms with van der Waals surface area (Å²) in [5.41, 5.74) is 1.33. The van der Waals surface area contributed by atoms with Crippen LogP contribution < -0.4 is 5.32 Å². The minimum atomic E-state index is 0.610. The van der Waals surface area contributed by atoms with Crippen molar-refractivity contribution < 1.29 is 0 Å². The highest BCUT2D eigenvalue weighted by atomic mass is 32.2. The first-order chi connectivity index (χ1) is 7.59. The maximum Gasteiger partial charge on any atom is 0.0106 e. The first-order valence-corrected chi connectivity index (χ1v) is 7.01. The Bertz CT molecular complexity index is 292. The highest BCUT2D eigenvalue weighted by Crippen LogP contribution is 2.17. The normalized spacial score (nSPS) is 13.1. The molecule has 90 valence electrons. The first-order valence-electron chi connectivity index (χ1n) is 6.02. The van der Waals surface area contributed by atoms with Crippen LogP contribution in [-0.2, 0) is 0 Å². The number of hydrogen-bond donors (Lipinski definition) is 1. The van der Waals surface area contributed by atoms with E-state index in [0.29, 0.717) is 12.0 Å². The van der Waals surface area contributed by atoms with Crippen molar-refractivity contribution in [3.05, 3.63) is 29.8 Å². The molecule has 0 aliphatic heterocycles. The number of aryl methyl sites for hydroxylation is 1. The van der Waals surface area contributed by atoms with Crippen molar-refractivity contribution in [1.29, 1.82) is 0 Å². The Morgan fingerprint density at radius 2 is 1.75 bits per heavy atom. The Morgan fingerprint density at radius 1 is 1.12 bits per heavy atom. The van der Waals surface area contributed by atoms with Crippen LogP contribution in [0.1, 0.15) is 26.3 Å². The lowest BCUT2D eigenvalue weighted by Gasteiger charge is -2.17. The highest BCUT2D eigenvalue weighted by molar-refractivity contribution is 7.99. The van der Waals surface area contributed by atoms with Crippen LogP contribution in [0.2, 0.25) is 0 Å². The molecule has 1 atom stereocenters. The quantitative estimate of drug-likeness (QED) is 0.598. The van der Waals surface area contributed by atoms with Crippen LogP contribution in [-0.4, -0.2) is 18.3 Å². The van der Waals surface area contributed by atoms with E-state index in [-0.39, 0.29) is 0 Å². The fraction of sp³-hybridized carbons (Fsp3) is 0.571. The number of thioether (sulfide) groups is 1. The van der Waals surface area contributed by atoms with Crippen LogP contribution in [0.3, 0.4) is 0 Å².